The maximum atomic E-state index is 11.2. The van der Waals surface area contributed by atoms with E-state index in [1.54, 1.807) is 0 Å². The number of rotatable bonds is 4. The highest BCUT2D eigenvalue weighted by Gasteiger charge is 2.22. The summed E-state index contributed by atoms with van der Waals surface area (Å²) in [5, 5.41) is 8.71. The molecule has 0 spiro atoms. The molecule has 9 nitrogen and oxygen atoms in total. The van der Waals surface area contributed by atoms with Crippen molar-refractivity contribution in [2.45, 2.75) is 4.90 Å². The van der Waals surface area contributed by atoms with Crippen molar-refractivity contribution in [3.8, 4) is 0 Å². The number of carbonyl (C=O) groups excluding carboxylic acids is 1. The lowest BCUT2D eigenvalue weighted by Gasteiger charge is -2.08. The molecule has 0 saturated heterocycles. The number of hydrogen-bond acceptors (Lipinski definition) is 7. The zero-order valence-corrected chi connectivity index (χ0v) is 10.4. The Labute approximate surface area is 109 Å². The maximum Gasteiger partial charge on any atom is 0.351 e. The van der Waals surface area contributed by atoms with Gasteiger partial charge < -0.3 is 13.8 Å². The van der Waals surface area contributed by atoms with Gasteiger partial charge in [0.05, 0.1) is 11.1 Å². The van der Waals surface area contributed by atoms with E-state index in [2.05, 4.69) is 4.18 Å². The topological polar surface area (TPSA) is 158 Å². The number of benzene rings is 1. The summed E-state index contributed by atoms with van der Waals surface area (Å²) in [5.74, 6) is -3.07. The van der Waals surface area contributed by atoms with Crippen molar-refractivity contribution in [3.05, 3.63) is 29.3 Å². The lowest BCUT2D eigenvalue weighted by Crippen LogP contribution is -2.12. The second-order valence-corrected chi connectivity index (χ2v) is 5.03. The third-order valence-electron chi connectivity index (χ3n) is 1.87. The zero-order valence-electron chi connectivity index (χ0n) is 8.80. The summed E-state index contributed by atoms with van der Waals surface area (Å²) < 4.78 is 54.8. The Bertz CT molecular complexity index is 661. The normalized spacial score (nSPS) is 12.7. The molecule has 1 atom stereocenters. The van der Waals surface area contributed by atoms with Crippen molar-refractivity contribution in [1.29, 1.82) is 0 Å². The van der Waals surface area contributed by atoms with Crippen molar-refractivity contribution in [1.82, 2.24) is 0 Å². The van der Waals surface area contributed by atoms with E-state index in [1.807, 2.05) is 0 Å². The summed E-state index contributed by atoms with van der Waals surface area (Å²) in [6.45, 7) is 0. The summed E-state index contributed by atoms with van der Waals surface area (Å²) in [6, 6.07) is 2.05. The first kappa shape index (κ1) is 15.2. The molecular weight excluding hydrogens is 304 g/mol. The second-order valence-electron chi connectivity index (χ2n) is 3.07. The van der Waals surface area contributed by atoms with Crippen LogP contribution in [-0.4, -0.2) is 38.8 Å². The van der Waals surface area contributed by atoms with Crippen LogP contribution in [0.3, 0.4) is 0 Å². The minimum absolute atomic E-state index is 0.494. The van der Waals surface area contributed by atoms with E-state index in [4.69, 9.17) is 9.66 Å². The molecule has 0 aliphatic heterocycles. The Hall–Kier alpha value is -1.82. The molecule has 0 radical (unpaired) electrons. The average molecular weight is 309 g/mol. The Morgan fingerprint density at radius 3 is 2.32 bits per heavy atom. The van der Waals surface area contributed by atoms with Crippen LogP contribution < -0.4 is 0 Å². The summed E-state index contributed by atoms with van der Waals surface area (Å²) in [7, 11) is -4.91. The Morgan fingerprint density at radius 1 is 1.32 bits per heavy atom. The van der Waals surface area contributed by atoms with Crippen LogP contribution in [0.25, 0.3) is 0 Å². The first-order valence-corrected chi connectivity index (χ1v) is 6.73. The Morgan fingerprint density at radius 2 is 1.89 bits per heavy atom. The van der Waals surface area contributed by atoms with Crippen molar-refractivity contribution < 1.29 is 40.6 Å². The highest BCUT2D eigenvalue weighted by atomic mass is 32.2. The van der Waals surface area contributed by atoms with Crippen LogP contribution in [0, 0.1) is 0 Å². The SMILES string of the molecule is O=C(OS(=O)[O-])c1ccc(C(=O)O)c(S(=O)(=O)O)c1. The minimum atomic E-state index is -4.91. The zero-order chi connectivity index (χ0) is 14.8. The van der Waals surface area contributed by atoms with Crippen LogP contribution in [-0.2, 0) is 25.7 Å². The Balaban J connectivity index is 3.39. The van der Waals surface area contributed by atoms with Crippen molar-refractivity contribution in [3.63, 3.8) is 0 Å². The fourth-order valence-electron chi connectivity index (χ4n) is 1.15. The molecule has 2 N–H and O–H groups in total. The van der Waals surface area contributed by atoms with Crippen LogP contribution in [0.2, 0.25) is 0 Å². The van der Waals surface area contributed by atoms with E-state index < -0.39 is 49.4 Å². The molecule has 1 rings (SSSR count). The van der Waals surface area contributed by atoms with Crippen LogP contribution in [0.4, 0.5) is 0 Å². The Kier molecular flexibility index (Phi) is 4.36. The molecule has 0 aliphatic carbocycles. The molecule has 1 aromatic rings. The van der Waals surface area contributed by atoms with E-state index in [9.17, 15) is 26.8 Å². The van der Waals surface area contributed by atoms with Crippen molar-refractivity contribution >= 4 is 33.4 Å². The van der Waals surface area contributed by atoms with Gasteiger partial charge in [-0.2, -0.15) is 8.42 Å². The van der Waals surface area contributed by atoms with Crippen LogP contribution in [0.5, 0.6) is 0 Å². The third-order valence-corrected chi connectivity index (χ3v) is 3.05. The van der Waals surface area contributed by atoms with Gasteiger partial charge in [0.25, 0.3) is 10.1 Å². The van der Waals surface area contributed by atoms with Crippen LogP contribution >= 0.6 is 0 Å². The van der Waals surface area contributed by atoms with Crippen LogP contribution in [0.15, 0.2) is 23.1 Å². The molecular formula is C8H5O9S2-. The number of aromatic carboxylic acids is 1. The van der Waals surface area contributed by atoms with E-state index >= 15 is 0 Å². The average Bonchev–Trinajstić information content (AvgIpc) is 2.25. The predicted octanol–water partition coefficient (Wildman–Crippen LogP) is -0.418. The van der Waals surface area contributed by atoms with Gasteiger partial charge in [0, 0.05) is 0 Å². The monoisotopic (exact) mass is 309 g/mol. The molecule has 11 heteroatoms. The molecule has 0 saturated carbocycles. The van der Waals surface area contributed by atoms with E-state index in [0.29, 0.717) is 6.07 Å². The molecule has 104 valence electrons. The molecule has 1 aromatic carbocycles. The number of hydrogen-bond donors (Lipinski definition) is 2. The lowest BCUT2D eigenvalue weighted by molar-refractivity contribution is 0.0687. The van der Waals surface area contributed by atoms with Gasteiger partial charge in [0.2, 0.25) is 0 Å². The van der Waals surface area contributed by atoms with Gasteiger partial charge in [-0.25, -0.2) is 13.8 Å². The van der Waals surface area contributed by atoms with Gasteiger partial charge in [-0.3, -0.25) is 4.55 Å². The highest BCUT2D eigenvalue weighted by molar-refractivity contribution is 7.86. The predicted molar refractivity (Wildman–Crippen MR) is 57.6 cm³/mol. The largest absolute Gasteiger partial charge is 0.740 e. The van der Waals surface area contributed by atoms with Crippen LogP contribution in [0.1, 0.15) is 20.7 Å². The first-order valence-electron chi connectivity index (χ1n) is 4.29. The molecule has 1 unspecified atom stereocenters. The fourth-order valence-corrected chi connectivity index (χ4v) is 2.08. The summed E-state index contributed by atoms with van der Waals surface area (Å²) in [6.07, 6.45) is 0. The second kappa shape index (κ2) is 5.44. The van der Waals surface area contributed by atoms with Gasteiger partial charge in [-0.1, -0.05) is 0 Å². The smallest absolute Gasteiger partial charge is 0.351 e. The number of carbonyl (C=O) groups is 2. The molecule has 19 heavy (non-hydrogen) atoms. The first-order chi connectivity index (χ1) is 8.62. The van der Waals surface area contributed by atoms with Crippen molar-refractivity contribution in [2.24, 2.45) is 0 Å². The molecule has 0 amide bonds. The molecule has 0 aliphatic rings. The molecule has 0 heterocycles. The lowest BCUT2D eigenvalue weighted by atomic mass is 10.1. The van der Waals surface area contributed by atoms with Gasteiger partial charge in [0.15, 0.2) is 0 Å². The highest BCUT2D eigenvalue weighted by Crippen LogP contribution is 2.18. The summed E-state index contributed by atoms with van der Waals surface area (Å²) >= 11 is -3.17. The van der Waals surface area contributed by atoms with Gasteiger partial charge in [0.1, 0.15) is 16.3 Å². The quantitative estimate of drug-likeness (QED) is 0.556. The van der Waals surface area contributed by atoms with E-state index in [1.165, 1.54) is 0 Å². The standard InChI is InChI=1S/C8H6O9S2/c9-7(10)5-2-1-4(8(11)17-18(12)13)3-6(5)19(14,15)16/h1-3H,(H,9,10)(H,12,13)(H,14,15,16)/p-1. The number of carboxylic acid groups (broad SMARTS) is 1. The van der Waals surface area contributed by atoms with Gasteiger partial charge in [-0.15, -0.1) is 0 Å². The summed E-state index contributed by atoms with van der Waals surface area (Å²) in [5.41, 5.74) is -1.33. The van der Waals surface area contributed by atoms with Gasteiger partial charge >= 0.3 is 11.9 Å². The number of carboxylic acids is 1. The van der Waals surface area contributed by atoms with E-state index in [0.717, 1.165) is 12.1 Å². The minimum Gasteiger partial charge on any atom is -0.740 e. The van der Waals surface area contributed by atoms with Gasteiger partial charge in [-0.05, 0) is 18.2 Å². The maximum absolute atomic E-state index is 11.2. The third kappa shape index (κ3) is 3.82. The fraction of sp³-hybridized carbons (Fsp3) is 0. The van der Waals surface area contributed by atoms with E-state index in [-0.39, 0.29) is 0 Å². The molecule has 0 aromatic heterocycles. The van der Waals surface area contributed by atoms with Crippen molar-refractivity contribution in [2.75, 3.05) is 0 Å². The molecule has 0 fully saturated rings. The molecule has 0 bridgehead atoms. The summed E-state index contributed by atoms with van der Waals surface area (Å²) in [4.78, 5) is 20.9.